The topological polar surface area (TPSA) is 44.8 Å². The van der Waals surface area contributed by atoms with Gasteiger partial charge in [0.05, 0.1) is 0 Å². The fraction of sp³-hybridized carbons (Fsp3) is 0.632. The molecular formula is C19H30O4Si. The number of ketones is 1. The Balaban J connectivity index is 2.22. The minimum absolute atomic E-state index is 0.287. The van der Waals surface area contributed by atoms with Crippen LogP contribution in [-0.4, -0.2) is 34.4 Å². The summed E-state index contributed by atoms with van der Waals surface area (Å²) in [6.07, 6.45) is 4.51. The van der Waals surface area contributed by atoms with E-state index in [4.69, 9.17) is 13.3 Å². The van der Waals surface area contributed by atoms with E-state index < -0.39 is 8.80 Å². The predicted molar refractivity (Wildman–Crippen MR) is 97.5 cm³/mol. The van der Waals surface area contributed by atoms with E-state index >= 15 is 0 Å². The summed E-state index contributed by atoms with van der Waals surface area (Å²) in [5, 5.41) is 0. The molecule has 0 bridgehead atoms. The molecule has 0 saturated carbocycles. The minimum Gasteiger partial charge on any atom is -0.374 e. The zero-order chi connectivity index (χ0) is 17.4. The lowest BCUT2D eigenvalue weighted by Gasteiger charge is -2.28. The van der Waals surface area contributed by atoms with Gasteiger partial charge < -0.3 is 13.3 Å². The van der Waals surface area contributed by atoms with Gasteiger partial charge in [-0.15, -0.1) is 0 Å². The van der Waals surface area contributed by atoms with Crippen LogP contribution >= 0.6 is 0 Å². The smallest absolute Gasteiger partial charge is 0.374 e. The van der Waals surface area contributed by atoms with Gasteiger partial charge in [0, 0.05) is 37.8 Å². The molecule has 2 rings (SSSR count). The first-order valence-corrected chi connectivity index (χ1v) is 11.1. The average molecular weight is 351 g/mol. The van der Waals surface area contributed by atoms with Crippen LogP contribution in [0.5, 0.6) is 0 Å². The number of rotatable bonds is 9. The van der Waals surface area contributed by atoms with Gasteiger partial charge in [-0.25, -0.2) is 0 Å². The number of benzene rings is 1. The summed E-state index contributed by atoms with van der Waals surface area (Å²) in [6.45, 7) is 7.65. The van der Waals surface area contributed by atoms with Crippen LogP contribution in [0.15, 0.2) is 18.2 Å². The van der Waals surface area contributed by atoms with E-state index in [1.165, 1.54) is 5.56 Å². The van der Waals surface area contributed by atoms with Crippen molar-refractivity contribution in [1.82, 2.24) is 0 Å². The van der Waals surface area contributed by atoms with E-state index in [1.54, 1.807) is 0 Å². The third-order valence-electron chi connectivity index (χ3n) is 4.41. The summed E-state index contributed by atoms with van der Waals surface area (Å²) >= 11 is 0. The maximum Gasteiger partial charge on any atom is 0.501 e. The summed E-state index contributed by atoms with van der Waals surface area (Å²) < 4.78 is 17.8. The van der Waals surface area contributed by atoms with Crippen LogP contribution in [-0.2, 0) is 26.1 Å². The number of Topliss-reactive ketones (excluding diaryl/α,β-unsaturated/α-hetero) is 1. The lowest BCUT2D eigenvalue weighted by atomic mass is 9.95. The summed E-state index contributed by atoms with van der Waals surface area (Å²) in [4.78, 5) is 12.5. The third kappa shape index (κ3) is 4.76. The number of carbonyl (C=O) groups is 1. The second-order valence-corrected chi connectivity index (χ2v) is 8.80. The average Bonchev–Trinajstić information content (AvgIpc) is 2.76. The summed E-state index contributed by atoms with van der Waals surface area (Å²) in [5.41, 5.74) is 3.27. The summed E-state index contributed by atoms with van der Waals surface area (Å²) in [5.74, 6) is 0.287. The quantitative estimate of drug-likeness (QED) is 0.495. The van der Waals surface area contributed by atoms with Crippen molar-refractivity contribution in [3.63, 3.8) is 0 Å². The van der Waals surface area contributed by atoms with Gasteiger partial charge in [-0.05, 0) is 57.6 Å². The van der Waals surface area contributed by atoms with Crippen molar-refractivity contribution in [3.05, 3.63) is 34.9 Å². The fourth-order valence-electron chi connectivity index (χ4n) is 3.44. The van der Waals surface area contributed by atoms with Gasteiger partial charge in [-0.2, -0.15) is 0 Å². The lowest BCUT2D eigenvalue weighted by Crippen LogP contribution is -2.46. The van der Waals surface area contributed by atoms with Gasteiger partial charge in [-0.1, -0.05) is 18.2 Å². The highest BCUT2D eigenvalue weighted by Gasteiger charge is 2.40. The fourth-order valence-corrected chi connectivity index (χ4v) is 6.02. The molecule has 0 heterocycles. The molecule has 1 aromatic carbocycles. The lowest BCUT2D eigenvalue weighted by molar-refractivity contribution is 0.0713. The molecule has 1 aromatic rings. The molecular weight excluding hydrogens is 320 g/mol. The SMILES string of the molecule is CCO[Si](CCc1cccc2c1C(=O)CCCC2)(OCC)OCC. The van der Waals surface area contributed by atoms with Crippen LogP contribution in [0, 0.1) is 0 Å². The van der Waals surface area contributed by atoms with Crippen molar-refractivity contribution in [2.24, 2.45) is 0 Å². The first-order valence-electron chi connectivity index (χ1n) is 9.21. The van der Waals surface area contributed by atoms with Gasteiger partial charge in [0.25, 0.3) is 0 Å². The molecule has 0 N–H and O–H groups in total. The van der Waals surface area contributed by atoms with E-state index in [9.17, 15) is 4.79 Å². The molecule has 5 heteroatoms. The van der Waals surface area contributed by atoms with Gasteiger partial charge in [0.2, 0.25) is 0 Å². The van der Waals surface area contributed by atoms with Crippen LogP contribution in [0.1, 0.15) is 61.5 Å². The molecule has 0 aromatic heterocycles. The van der Waals surface area contributed by atoms with Gasteiger partial charge in [0.15, 0.2) is 5.78 Å². The Morgan fingerprint density at radius 2 is 1.58 bits per heavy atom. The molecule has 0 saturated heterocycles. The van der Waals surface area contributed by atoms with E-state index in [2.05, 4.69) is 18.2 Å². The summed E-state index contributed by atoms with van der Waals surface area (Å²) in [6, 6.07) is 6.95. The Hall–Kier alpha value is -1.01. The zero-order valence-electron chi connectivity index (χ0n) is 15.2. The summed E-state index contributed by atoms with van der Waals surface area (Å²) in [7, 11) is -2.67. The Bertz CT molecular complexity index is 527. The van der Waals surface area contributed by atoms with Crippen molar-refractivity contribution in [2.75, 3.05) is 19.8 Å². The Kier molecular flexibility index (Phi) is 7.62. The zero-order valence-corrected chi connectivity index (χ0v) is 16.2. The number of hydrogen-bond acceptors (Lipinski definition) is 4. The highest BCUT2D eigenvalue weighted by atomic mass is 28.4. The van der Waals surface area contributed by atoms with E-state index in [-0.39, 0.29) is 5.78 Å². The molecule has 0 spiro atoms. The molecule has 0 unspecified atom stereocenters. The molecule has 0 aliphatic heterocycles. The van der Waals surface area contributed by atoms with Crippen LogP contribution in [0.2, 0.25) is 6.04 Å². The molecule has 4 nitrogen and oxygen atoms in total. The maximum atomic E-state index is 12.5. The number of carbonyl (C=O) groups excluding carboxylic acids is 1. The molecule has 0 radical (unpaired) electrons. The second-order valence-electron chi connectivity index (χ2n) is 6.06. The van der Waals surface area contributed by atoms with Crippen LogP contribution in [0.25, 0.3) is 0 Å². The van der Waals surface area contributed by atoms with Crippen molar-refractivity contribution >= 4 is 14.6 Å². The van der Waals surface area contributed by atoms with E-state index in [0.29, 0.717) is 32.3 Å². The number of hydrogen-bond donors (Lipinski definition) is 0. The Morgan fingerprint density at radius 3 is 2.21 bits per heavy atom. The molecule has 0 amide bonds. The normalized spacial score (nSPS) is 15.2. The molecule has 1 aliphatic rings. The van der Waals surface area contributed by atoms with Crippen molar-refractivity contribution in [3.8, 4) is 0 Å². The molecule has 0 atom stereocenters. The van der Waals surface area contributed by atoms with Crippen molar-refractivity contribution in [2.45, 2.75) is 58.9 Å². The highest BCUT2D eigenvalue weighted by Crippen LogP contribution is 2.27. The third-order valence-corrected chi connectivity index (χ3v) is 7.46. The largest absolute Gasteiger partial charge is 0.501 e. The first-order chi connectivity index (χ1) is 11.7. The minimum atomic E-state index is -2.67. The monoisotopic (exact) mass is 350 g/mol. The Morgan fingerprint density at radius 1 is 0.958 bits per heavy atom. The standard InChI is InChI=1S/C19H30O4Si/c1-4-21-24(22-5-2,23-6-3)15-14-17-12-9-11-16-10-7-8-13-18(20)19(16)17/h9,11-12H,4-8,10,13-15H2,1-3H3. The molecule has 134 valence electrons. The number of aryl methyl sites for hydroxylation is 2. The highest BCUT2D eigenvalue weighted by molar-refractivity contribution is 6.60. The van der Waals surface area contributed by atoms with E-state index in [1.807, 2.05) is 20.8 Å². The van der Waals surface area contributed by atoms with Crippen LogP contribution < -0.4 is 0 Å². The van der Waals surface area contributed by atoms with Crippen LogP contribution in [0.3, 0.4) is 0 Å². The maximum absolute atomic E-state index is 12.5. The second kappa shape index (κ2) is 9.46. The molecule has 1 aliphatic carbocycles. The first kappa shape index (κ1) is 19.3. The molecule has 0 fully saturated rings. The van der Waals surface area contributed by atoms with Gasteiger partial charge in [0.1, 0.15) is 0 Å². The molecule has 24 heavy (non-hydrogen) atoms. The Labute approximate surface area is 146 Å². The van der Waals surface area contributed by atoms with E-state index in [0.717, 1.165) is 36.8 Å². The van der Waals surface area contributed by atoms with Crippen molar-refractivity contribution < 1.29 is 18.1 Å². The number of fused-ring (bicyclic) bond motifs is 1. The van der Waals surface area contributed by atoms with Gasteiger partial charge in [-0.3, -0.25) is 4.79 Å². The van der Waals surface area contributed by atoms with Crippen molar-refractivity contribution in [1.29, 1.82) is 0 Å². The van der Waals surface area contributed by atoms with Crippen LogP contribution in [0.4, 0.5) is 0 Å². The van der Waals surface area contributed by atoms with Gasteiger partial charge >= 0.3 is 8.80 Å². The predicted octanol–water partition coefficient (Wildman–Crippen LogP) is 4.19.